The summed E-state index contributed by atoms with van der Waals surface area (Å²) in [6, 6.07) is 19.4. The van der Waals surface area contributed by atoms with Gasteiger partial charge < -0.3 is 10.1 Å². The van der Waals surface area contributed by atoms with Crippen LogP contribution in [0.2, 0.25) is 0 Å². The first kappa shape index (κ1) is 18.7. The van der Waals surface area contributed by atoms with Crippen molar-refractivity contribution in [2.24, 2.45) is 0 Å². The van der Waals surface area contributed by atoms with Crippen LogP contribution in [0.25, 0.3) is 12.2 Å². The molecule has 1 atom stereocenters. The van der Waals surface area contributed by atoms with Crippen LogP contribution < -0.4 is 10.1 Å². The maximum Gasteiger partial charge on any atom is 0.126 e. The summed E-state index contributed by atoms with van der Waals surface area (Å²) in [6.45, 7) is 1.99. The van der Waals surface area contributed by atoms with Crippen molar-refractivity contribution in [3.05, 3.63) is 65.7 Å². The highest BCUT2D eigenvalue weighted by atomic mass is 16.5. The van der Waals surface area contributed by atoms with Crippen molar-refractivity contribution in [2.45, 2.75) is 51.0 Å². The molecule has 2 aromatic carbocycles. The Balaban J connectivity index is 1.44. The normalized spacial score (nSPS) is 17.9. The fraction of sp³-hybridized carbons (Fsp3) is 0.417. The second kappa shape index (κ2) is 10.8. The minimum absolute atomic E-state index is 0.721. The van der Waals surface area contributed by atoms with Crippen LogP contribution in [0.5, 0.6) is 5.75 Å². The Kier molecular flexibility index (Phi) is 7.79. The third kappa shape index (κ3) is 6.34. The predicted molar refractivity (Wildman–Crippen MR) is 111 cm³/mol. The Morgan fingerprint density at radius 2 is 1.73 bits per heavy atom. The summed E-state index contributed by atoms with van der Waals surface area (Å²) in [4.78, 5) is 0. The Morgan fingerprint density at radius 1 is 0.885 bits per heavy atom. The third-order valence-corrected chi connectivity index (χ3v) is 5.04. The zero-order chi connectivity index (χ0) is 17.9. The van der Waals surface area contributed by atoms with E-state index in [1.807, 2.05) is 12.1 Å². The highest BCUT2D eigenvalue weighted by Gasteiger charge is 2.10. The van der Waals surface area contributed by atoms with Gasteiger partial charge in [0.25, 0.3) is 0 Å². The number of unbranched alkanes of at least 4 members (excludes halogenated alkanes) is 1. The molecule has 2 heteroatoms. The molecule has 2 nitrogen and oxygen atoms in total. The lowest BCUT2D eigenvalue weighted by Gasteiger charge is -2.15. The lowest BCUT2D eigenvalue weighted by molar-refractivity contribution is 0.299. The van der Waals surface area contributed by atoms with E-state index in [1.165, 1.54) is 50.6 Å². The molecule has 0 spiro atoms. The van der Waals surface area contributed by atoms with Gasteiger partial charge in [-0.05, 0) is 50.3 Å². The van der Waals surface area contributed by atoms with Crippen molar-refractivity contribution in [1.29, 1.82) is 0 Å². The summed E-state index contributed by atoms with van der Waals surface area (Å²) in [5.41, 5.74) is 2.35. The van der Waals surface area contributed by atoms with Crippen molar-refractivity contribution < 1.29 is 4.74 Å². The third-order valence-electron chi connectivity index (χ3n) is 5.04. The zero-order valence-electron chi connectivity index (χ0n) is 15.7. The van der Waals surface area contributed by atoms with Gasteiger partial charge in [0.15, 0.2) is 0 Å². The molecule has 3 rings (SSSR count). The highest BCUT2D eigenvalue weighted by molar-refractivity contribution is 5.72. The Labute approximate surface area is 158 Å². The standard InChI is InChI=1S/C24H31NO/c1-3-11-21(12-4-1)17-18-22-13-6-7-16-24(22)26-20-10-8-15-23-14-5-2-9-19-25-23/h1,3-4,6-7,11-13,16-18,23,25H,2,5,8-10,14-15,19-20H2. The molecule has 1 heterocycles. The summed E-state index contributed by atoms with van der Waals surface area (Å²) in [5, 5.41) is 3.68. The molecule has 1 aliphatic rings. The van der Waals surface area contributed by atoms with Gasteiger partial charge in [0.05, 0.1) is 6.61 Å². The molecule has 138 valence electrons. The van der Waals surface area contributed by atoms with E-state index >= 15 is 0 Å². The van der Waals surface area contributed by atoms with Gasteiger partial charge in [0.1, 0.15) is 5.75 Å². The molecule has 1 fully saturated rings. The highest BCUT2D eigenvalue weighted by Crippen LogP contribution is 2.21. The average Bonchev–Trinajstić information content (AvgIpc) is 2.96. The van der Waals surface area contributed by atoms with Crippen LogP contribution in [0.4, 0.5) is 0 Å². The van der Waals surface area contributed by atoms with Gasteiger partial charge in [0, 0.05) is 11.6 Å². The molecule has 0 aromatic heterocycles. The molecule has 26 heavy (non-hydrogen) atoms. The van der Waals surface area contributed by atoms with Crippen LogP contribution in [0.15, 0.2) is 54.6 Å². The molecule has 0 bridgehead atoms. The zero-order valence-corrected chi connectivity index (χ0v) is 15.7. The molecular formula is C24H31NO. The molecule has 2 aromatic rings. The van der Waals surface area contributed by atoms with Gasteiger partial charge in [-0.15, -0.1) is 0 Å². The number of benzene rings is 2. The number of hydrogen-bond donors (Lipinski definition) is 1. The fourth-order valence-corrected chi connectivity index (χ4v) is 3.52. The quantitative estimate of drug-likeness (QED) is 0.470. The lowest BCUT2D eigenvalue weighted by Crippen LogP contribution is -2.28. The van der Waals surface area contributed by atoms with E-state index in [2.05, 4.69) is 59.9 Å². The van der Waals surface area contributed by atoms with Gasteiger partial charge in [-0.1, -0.05) is 73.5 Å². The van der Waals surface area contributed by atoms with E-state index in [-0.39, 0.29) is 0 Å². The Hall–Kier alpha value is -2.06. The monoisotopic (exact) mass is 349 g/mol. The molecular weight excluding hydrogens is 318 g/mol. The summed E-state index contributed by atoms with van der Waals surface area (Å²) >= 11 is 0. The van der Waals surface area contributed by atoms with E-state index in [0.717, 1.165) is 30.4 Å². The molecule has 0 saturated carbocycles. The van der Waals surface area contributed by atoms with Crippen molar-refractivity contribution in [3.63, 3.8) is 0 Å². The van der Waals surface area contributed by atoms with Crippen molar-refractivity contribution in [2.75, 3.05) is 13.2 Å². The van der Waals surface area contributed by atoms with Crippen LogP contribution in [0.1, 0.15) is 56.1 Å². The Bertz CT molecular complexity index is 657. The number of ether oxygens (including phenoxy) is 1. The first-order valence-electron chi connectivity index (χ1n) is 10.1. The first-order valence-corrected chi connectivity index (χ1v) is 10.1. The molecule has 1 N–H and O–H groups in total. The van der Waals surface area contributed by atoms with Crippen LogP contribution in [-0.2, 0) is 0 Å². The SMILES string of the molecule is C(=Cc1ccccc1OCCCCC1CCCCCN1)c1ccccc1. The molecule has 0 amide bonds. The summed E-state index contributed by atoms with van der Waals surface area (Å²) in [6.07, 6.45) is 13.4. The Morgan fingerprint density at radius 3 is 2.65 bits per heavy atom. The summed E-state index contributed by atoms with van der Waals surface area (Å²) < 4.78 is 6.07. The molecule has 1 saturated heterocycles. The van der Waals surface area contributed by atoms with Gasteiger partial charge in [-0.25, -0.2) is 0 Å². The first-order chi connectivity index (χ1) is 12.9. The van der Waals surface area contributed by atoms with Gasteiger partial charge in [-0.3, -0.25) is 0 Å². The number of nitrogens with one attached hydrogen (secondary N) is 1. The van der Waals surface area contributed by atoms with E-state index in [9.17, 15) is 0 Å². The average molecular weight is 350 g/mol. The predicted octanol–water partition coefficient (Wildman–Crippen LogP) is 5.94. The van der Waals surface area contributed by atoms with Crippen molar-refractivity contribution in [3.8, 4) is 5.75 Å². The number of para-hydroxylation sites is 1. The minimum Gasteiger partial charge on any atom is -0.493 e. The molecule has 1 unspecified atom stereocenters. The summed E-state index contributed by atoms with van der Waals surface area (Å²) in [7, 11) is 0. The second-order valence-corrected chi connectivity index (χ2v) is 7.13. The van der Waals surface area contributed by atoms with E-state index in [4.69, 9.17) is 4.74 Å². The van der Waals surface area contributed by atoms with Crippen LogP contribution in [-0.4, -0.2) is 19.2 Å². The summed E-state index contributed by atoms with van der Waals surface area (Å²) in [5.74, 6) is 0.979. The second-order valence-electron chi connectivity index (χ2n) is 7.13. The lowest BCUT2D eigenvalue weighted by atomic mass is 10.0. The maximum atomic E-state index is 6.07. The van der Waals surface area contributed by atoms with Crippen molar-refractivity contribution >= 4 is 12.2 Å². The van der Waals surface area contributed by atoms with Crippen molar-refractivity contribution in [1.82, 2.24) is 5.32 Å². The molecule has 0 radical (unpaired) electrons. The van der Waals surface area contributed by atoms with Crippen LogP contribution >= 0.6 is 0 Å². The minimum atomic E-state index is 0.721. The van der Waals surface area contributed by atoms with Gasteiger partial charge >= 0.3 is 0 Å². The van der Waals surface area contributed by atoms with Gasteiger partial charge in [-0.2, -0.15) is 0 Å². The van der Waals surface area contributed by atoms with E-state index in [0.29, 0.717) is 0 Å². The molecule has 0 aliphatic carbocycles. The van der Waals surface area contributed by atoms with E-state index < -0.39 is 0 Å². The number of hydrogen-bond acceptors (Lipinski definition) is 2. The van der Waals surface area contributed by atoms with Gasteiger partial charge in [0.2, 0.25) is 0 Å². The fourth-order valence-electron chi connectivity index (χ4n) is 3.52. The van der Waals surface area contributed by atoms with Crippen LogP contribution in [0, 0.1) is 0 Å². The smallest absolute Gasteiger partial charge is 0.126 e. The topological polar surface area (TPSA) is 21.3 Å². The molecule has 1 aliphatic heterocycles. The number of rotatable bonds is 8. The van der Waals surface area contributed by atoms with Crippen LogP contribution in [0.3, 0.4) is 0 Å². The maximum absolute atomic E-state index is 6.07. The largest absolute Gasteiger partial charge is 0.493 e. The van der Waals surface area contributed by atoms with E-state index in [1.54, 1.807) is 0 Å².